The van der Waals surface area contributed by atoms with Gasteiger partial charge in [0.15, 0.2) is 0 Å². The molecule has 0 bridgehead atoms. The number of pyridine rings is 1. The van der Waals surface area contributed by atoms with E-state index in [1.165, 1.54) is 12.8 Å². The van der Waals surface area contributed by atoms with Gasteiger partial charge in [0.05, 0.1) is 4.92 Å². The van der Waals surface area contributed by atoms with Gasteiger partial charge in [-0.15, -0.1) is 0 Å². The summed E-state index contributed by atoms with van der Waals surface area (Å²) in [4.78, 5) is 14.7. The number of anilines is 1. The van der Waals surface area contributed by atoms with E-state index in [1.54, 1.807) is 19.2 Å². The molecule has 1 saturated heterocycles. The molecular formula is C12H18N4O2. The summed E-state index contributed by atoms with van der Waals surface area (Å²) in [5, 5.41) is 17.4. The van der Waals surface area contributed by atoms with E-state index in [0.717, 1.165) is 13.0 Å². The average Bonchev–Trinajstić information content (AvgIpc) is 2.81. The van der Waals surface area contributed by atoms with Crippen LogP contribution >= 0.6 is 0 Å². The highest BCUT2D eigenvalue weighted by Gasteiger charge is 2.19. The zero-order valence-electron chi connectivity index (χ0n) is 10.5. The highest BCUT2D eigenvalue weighted by molar-refractivity contribution is 5.59. The first-order valence-corrected chi connectivity index (χ1v) is 6.25. The lowest BCUT2D eigenvalue weighted by molar-refractivity contribution is -0.384. The first-order chi connectivity index (χ1) is 8.68. The maximum Gasteiger partial charge on any atom is 0.314 e. The van der Waals surface area contributed by atoms with Gasteiger partial charge in [-0.3, -0.25) is 10.1 Å². The lowest BCUT2D eigenvalue weighted by Crippen LogP contribution is -2.24. The van der Waals surface area contributed by atoms with Crippen molar-refractivity contribution in [1.82, 2.24) is 10.3 Å². The summed E-state index contributed by atoms with van der Waals surface area (Å²) in [5.41, 5.74) is 0.716. The van der Waals surface area contributed by atoms with E-state index >= 15 is 0 Å². The SMILES string of the molecule is Cc1ccnc(NCC[C@@H]2CCCN2)c1[N+](=O)[O-]. The third kappa shape index (κ3) is 2.95. The molecule has 2 heterocycles. The Balaban J connectivity index is 1.96. The van der Waals surface area contributed by atoms with Gasteiger partial charge in [0.2, 0.25) is 5.82 Å². The van der Waals surface area contributed by atoms with Gasteiger partial charge in [-0.1, -0.05) is 0 Å². The smallest absolute Gasteiger partial charge is 0.314 e. The fraction of sp³-hybridized carbons (Fsp3) is 0.583. The van der Waals surface area contributed by atoms with Crippen LogP contribution in [-0.4, -0.2) is 29.0 Å². The third-order valence-electron chi connectivity index (χ3n) is 3.26. The monoisotopic (exact) mass is 250 g/mol. The fourth-order valence-corrected chi connectivity index (χ4v) is 2.28. The average molecular weight is 250 g/mol. The minimum Gasteiger partial charge on any atom is -0.364 e. The largest absolute Gasteiger partial charge is 0.364 e. The predicted molar refractivity (Wildman–Crippen MR) is 69.8 cm³/mol. The Hall–Kier alpha value is -1.69. The molecule has 0 saturated carbocycles. The summed E-state index contributed by atoms with van der Waals surface area (Å²) >= 11 is 0. The van der Waals surface area contributed by atoms with Gasteiger partial charge in [0.1, 0.15) is 0 Å². The first-order valence-electron chi connectivity index (χ1n) is 6.25. The molecule has 1 aromatic rings. The number of nitro groups is 1. The quantitative estimate of drug-likeness (QED) is 0.615. The Kier molecular flexibility index (Phi) is 4.09. The van der Waals surface area contributed by atoms with Gasteiger partial charge in [0.25, 0.3) is 0 Å². The topological polar surface area (TPSA) is 80.1 Å². The van der Waals surface area contributed by atoms with Gasteiger partial charge in [-0.25, -0.2) is 4.98 Å². The molecule has 0 radical (unpaired) electrons. The van der Waals surface area contributed by atoms with Crippen LogP contribution in [0, 0.1) is 17.0 Å². The molecule has 0 unspecified atom stereocenters. The van der Waals surface area contributed by atoms with Gasteiger partial charge < -0.3 is 10.6 Å². The van der Waals surface area contributed by atoms with Crippen molar-refractivity contribution in [3.05, 3.63) is 27.9 Å². The summed E-state index contributed by atoms with van der Waals surface area (Å²) < 4.78 is 0. The Bertz CT molecular complexity index is 430. The van der Waals surface area contributed by atoms with E-state index in [-0.39, 0.29) is 10.6 Å². The Morgan fingerprint density at radius 1 is 1.67 bits per heavy atom. The van der Waals surface area contributed by atoms with Crippen LogP contribution in [0.4, 0.5) is 11.5 Å². The summed E-state index contributed by atoms with van der Waals surface area (Å²) in [7, 11) is 0. The van der Waals surface area contributed by atoms with Crippen LogP contribution in [0.1, 0.15) is 24.8 Å². The predicted octanol–water partition coefficient (Wildman–Crippen LogP) is 1.85. The van der Waals surface area contributed by atoms with Gasteiger partial charge in [-0.2, -0.15) is 0 Å². The molecule has 1 aliphatic heterocycles. The normalized spacial score (nSPS) is 18.8. The van der Waals surface area contributed by atoms with Crippen molar-refractivity contribution in [2.45, 2.75) is 32.2 Å². The number of rotatable bonds is 5. The number of hydrogen-bond donors (Lipinski definition) is 2. The molecule has 1 aromatic heterocycles. The number of hydrogen-bond acceptors (Lipinski definition) is 5. The minimum absolute atomic E-state index is 0.0804. The molecule has 6 nitrogen and oxygen atoms in total. The van der Waals surface area contributed by atoms with Crippen LogP contribution in [0.5, 0.6) is 0 Å². The molecule has 2 rings (SSSR count). The lowest BCUT2D eigenvalue weighted by atomic mass is 10.1. The lowest BCUT2D eigenvalue weighted by Gasteiger charge is -2.11. The van der Waals surface area contributed by atoms with E-state index in [4.69, 9.17) is 0 Å². The van der Waals surface area contributed by atoms with Crippen molar-refractivity contribution in [1.29, 1.82) is 0 Å². The van der Waals surface area contributed by atoms with Crippen molar-refractivity contribution >= 4 is 11.5 Å². The second kappa shape index (κ2) is 5.77. The molecule has 98 valence electrons. The van der Waals surface area contributed by atoms with Crippen LogP contribution in [0.2, 0.25) is 0 Å². The van der Waals surface area contributed by atoms with Crippen molar-refractivity contribution in [2.24, 2.45) is 0 Å². The van der Waals surface area contributed by atoms with Crippen LogP contribution in [0.3, 0.4) is 0 Å². The van der Waals surface area contributed by atoms with E-state index in [2.05, 4.69) is 15.6 Å². The molecule has 1 fully saturated rings. The van der Waals surface area contributed by atoms with E-state index < -0.39 is 0 Å². The van der Waals surface area contributed by atoms with E-state index in [0.29, 0.717) is 24.0 Å². The summed E-state index contributed by atoms with van der Waals surface area (Å²) in [6.45, 7) is 3.51. The molecule has 1 aliphatic rings. The zero-order chi connectivity index (χ0) is 13.0. The number of nitrogens with one attached hydrogen (secondary N) is 2. The molecule has 2 N–H and O–H groups in total. The summed E-state index contributed by atoms with van der Waals surface area (Å²) in [6, 6.07) is 2.18. The number of aromatic nitrogens is 1. The third-order valence-corrected chi connectivity index (χ3v) is 3.26. The summed E-state index contributed by atoms with van der Waals surface area (Å²) in [6.07, 6.45) is 4.96. The van der Waals surface area contributed by atoms with Gasteiger partial charge in [0, 0.05) is 24.3 Å². The summed E-state index contributed by atoms with van der Waals surface area (Å²) in [5.74, 6) is 0.373. The number of nitrogens with zero attached hydrogens (tertiary/aromatic N) is 2. The van der Waals surface area contributed by atoms with Crippen molar-refractivity contribution in [3.8, 4) is 0 Å². The molecular weight excluding hydrogens is 232 g/mol. The molecule has 0 aliphatic carbocycles. The van der Waals surface area contributed by atoms with Crippen LogP contribution in [0.25, 0.3) is 0 Å². The second-order valence-electron chi connectivity index (χ2n) is 4.59. The Morgan fingerprint density at radius 2 is 2.50 bits per heavy atom. The maximum atomic E-state index is 11.0. The van der Waals surface area contributed by atoms with Crippen LogP contribution < -0.4 is 10.6 Å². The highest BCUT2D eigenvalue weighted by atomic mass is 16.6. The molecule has 1 atom stereocenters. The molecule has 0 amide bonds. The fourth-order valence-electron chi connectivity index (χ4n) is 2.28. The van der Waals surface area contributed by atoms with E-state index in [1.807, 2.05) is 0 Å². The first kappa shape index (κ1) is 12.8. The maximum absolute atomic E-state index is 11.0. The molecule has 6 heteroatoms. The van der Waals surface area contributed by atoms with Crippen molar-refractivity contribution in [2.75, 3.05) is 18.4 Å². The van der Waals surface area contributed by atoms with E-state index in [9.17, 15) is 10.1 Å². The molecule has 0 aromatic carbocycles. The van der Waals surface area contributed by atoms with Crippen molar-refractivity contribution in [3.63, 3.8) is 0 Å². The molecule has 18 heavy (non-hydrogen) atoms. The van der Waals surface area contributed by atoms with Gasteiger partial charge in [-0.05, 0) is 38.8 Å². The van der Waals surface area contributed by atoms with Crippen LogP contribution in [-0.2, 0) is 0 Å². The minimum atomic E-state index is -0.377. The standard InChI is InChI=1S/C12H18N4O2/c1-9-4-7-14-12(11(9)16(17)18)15-8-5-10-3-2-6-13-10/h4,7,10,13H,2-3,5-6,8H2,1H3,(H,14,15)/t10-/m0/s1. The second-order valence-corrected chi connectivity index (χ2v) is 4.59. The number of aryl methyl sites for hydroxylation is 1. The Labute approximate surface area is 106 Å². The van der Waals surface area contributed by atoms with Gasteiger partial charge >= 0.3 is 5.69 Å². The van der Waals surface area contributed by atoms with Crippen LogP contribution in [0.15, 0.2) is 12.3 Å². The molecule has 0 spiro atoms. The Morgan fingerprint density at radius 3 is 3.17 bits per heavy atom. The van der Waals surface area contributed by atoms with Crippen molar-refractivity contribution < 1.29 is 4.92 Å². The zero-order valence-corrected chi connectivity index (χ0v) is 10.5. The highest BCUT2D eigenvalue weighted by Crippen LogP contribution is 2.25.